The van der Waals surface area contributed by atoms with Crippen LogP contribution in [0.3, 0.4) is 0 Å². The number of unbranched alkanes of at least 4 members (excludes halogenated alkanes) is 2. The number of aliphatic hydroxyl groups is 3. The van der Waals surface area contributed by atoms with Crippen LogP contribution < -0.4 is 58.3 Å². The second-order valence-corrected chi connectivity index (χ2v) is 38.4. The zero-order valence-corrected chi connectivity index (χ0v) is 76.5. The Bertz CT molecular complexity index is 4470. The third-order valence-electron chi connectivity index (χ3n) is 23.1. The number of carboxylic acids is 1. The molecule has 16 N–H and O–H groups in total. The van der Waals surface area contributed by atoms with E-state index in [0.717, 1.165) is 50.8 Å². The first-order valence-electron chi connectivity index (χ1n) is 42.1. The lowest BCUT2D eigenvalue weighted by Crippen LogP contribution is -2.62. The number of allylic oxidation sites excluding steroid dienone is 4. The Balaban J connectivity index is 0.878. The van der Waals surface area contributed by atoms with Crippen LogP contribution in [0.2, 0.25) is 5.02 Å². The molecule has 18 atom stereocenters. The van der Waals surface area contributed by atoms with E-state index in [2.05, 4.69) is 37.2 Å². The van der Waals surface area contributed by atoms with Gasteiger partial charge in [-0.15, -0.1) is 0 Å². The summed E-state index contributed by atoms with van der Waals surface area (Å²) in [4.78, 5) is 186. The van der Waals surface area contributed by atoms with Crippen molar-refractivity contribution in [2.45, 2.75) is 240 Å². The fourth-order valence-electron chi connectivity index (χ4n) is 15.3. The number of Topliss-reactive ketones (excluding diaryl/α,β-unsaturated/α-hetero) is 1. The number of fused-ring (bicyclic) bond motifs is 6. The number of methoxy groups -OCH3 is 2. The number of benzene rings is 3. The number of nitrogens with zero attached hydrogens (tertiary/aromatic N) is 2. The van der Waals surface area contributed by atoms with Crippen molar-refractivity contribution >= 4 is 143 Å². The molecule has 0 spiro atoms. The summed E-state index contributed by atoms with van der Waals surface area (Å²) in [6.07, 6.45) is 0.942. The van der Waals surface area contributed by atoms with Crippen LogP contribution in [0.1, 0.15) is 147 Å². The van der Waals surface area contributed by atoms with Crippen LogP contribution in [0.5, 0.6) is 11.5 Å². The highest BCUT2D eigenvalue weighted by atomic mass is 35.5. The summed E-state index contributed by atoms with van der Waals surface area (Å²) in [5.74, 6) is -12.1. The number of hydrogen-bond donors (Lipinski definition) is 14. The summed E-state index contributed by atoms with van der Waals surface area (Å²) in [5.41, 5.74) is 14.3. The summed E-state index contributed by atoms with van der Waals surface area (Å²) in [6, 6.07) is 4.93. The lowest BCUT2D eigenvalue weighted by atomic mass is 9.78. The molecule has 3 fully saturated rings. The molecule has 5 aliphatic rings. The monoisotopic (exact) mass is 1850 g/mol. The topological polar surface area (TPSA) is 515 Å². The minimum Gasteiger partial charge on any atom is -0.508 e. The van der Waals surface area contributed by atoms with Gasteiger partial charge in [0.2, 0.25) is 53.2 Å². The normalized spacial score (nSPS) is 26.7. The van der Waals surface area contributed by atoms with Crippen molar-refractivity contribution in [3.8, 4) is 11.5 Å². The molecule has 0 saturated carbocycles. The second kappa shape index (κ2) is 48.6. The van der Waals surface area contributed by atoms with Gasteiger partial charge in [0.1, 0.15) is 76.2 Å². The molecule has 3 aromatic carbocycles. The van der Waals surface area contributed by atoms with E-state index in [9.17, 15) is 78.3 Å². The smallest absolute Gasteiger partial charge is 0.328 e. The van der Waals surface area contributed by atoms with Crippen molar-refractivity contribution in [3.63, 3.8) is 0 Å². The highest BCUT2D eigenvalue weighted by Crippen LogP contribution is 2.50. The minimum atomic E-state index is -1.87. The molecule has 3 saturated heterocycles. The lowest BCUT2D eigenvalue weighted by Gasteiger charge is -2.41. The number of phenolic OH excluding ortho intramolecular Hbond substituents is 1. The van der Waals surface area contributed by atoms with E-state index in [1.807, 2.05) is 43.3 Å². The number of carbonyl (C=O) groups is 13. The van der Waals surface area contributed by atoms with E-state index < -0.39 is 192 Å². The quantitative estimate of drug-likeness (QED) is 0.0178. The molecule has 4 bridgehead atoms. The number of phenols is 1. The molecule has 9 amide bonds. The summed E-state index contributed by atoms with van der Waals surface area (Å²) < 4.78 is 29.8. The fraction of sp³-hybridized carbons (Fsp3) is 0.575. The maximum absolute atomic E-state index is 15.1. The number of halogens is 1. The molecule has 0 unspecified atom stereocenters. The van der Waals surface area contributed by atoms with Gasteiger partial charge in [0.05, 0.1) is 56.0 Å². The number of likely N-dealkylation sites (N-methyl/N-ethyl adjacent to an activating group) is 1. The first-order chi connectivity index (χ1) is 59.8. The van der Waals surface area contributed by atoms with Crippen molar-refractivity contribution in [2.24, 2.45) is 23.3 Å². The van der Waals surface area contributed by atoms with Gasteiger partial charge in [-0.05, 0) is 151 Å². The van der Waals surface area contributed by atoms with Gasteiger partial charge < -0.3 is 108 Å². The van der Waals surface area contributed by atoms with E-state index >= 15 is 9.59 Å². The van der Waals surface area contributed by atoms with Crippen LogP contribution in [0.25, 0.3) is 5.57 Å². The molecule has 692 valence electrons. The molecular formula is C87H120ClN11O23S4. The van der Waals surface area contributed by atoms with Gasteiger partial charge in [-0.25, -0.2) is 9.59 Å². The Kier molecular flexibility index (Phi) is 39.5. The summed E-state index contributed by atoms with van der Waals surface area (Å²) in [6.45, 7) is 9.57. The molecule has 39 heteroatoms. The number of aromatic hydroxyl groups is 1. The number of rotatable bonds is 32. The predicted molar refractivity (Wildman–Crippen MR) is 479 cm³/mol. The van der Waals surface area contributed by atoms with Crippen LogP contribution in [0.15, 0.2) is 90.5 Å². The number of aliphatic carboxylic acids is 1. The number of ketones is 1. The molecule has 4 aliphatic heterocycles. The van der Waals surface area contributed by atoms with Gasteiger partial charge in [-0.2, -0.15) is 0 Å². The summed E-state index contributed by atoms with van der Waals surface area (Å²) >= 11 is 6.87. The Labute approximate surface area is 754 Å². The number of nitrogens with one attached hydrogen (secondary N) is 7. The molecule has 4 heterocycles. The van der Waals surface area contributed by atoms with Gasteiger partial charge in [-0.3, -0.25) is 52.7 Å². The number of epoxide rings is 1. The first-order valence-corrected chi connectivity index (χ1v) is 47.4. The number of aliphatic hydroxyl groups excluding tert-OH is 2. The highest BCUT2D eigenvalue weighted by molar-refractivity contribution is 8.77. The molecular weight excluding hydrogens is 1730 g/mol. The summed E-state index contributed by atoms with van der Waals surface area (Å²) in [7, 11) is 10.4. The maximum atomic E-state index is 15.1. The molecule has 3 aromatic rings. The van der Waals surface area contributed by atoms with Gasteiger partial charge in [0.25, 0.3) is 0 Å². The molecule has 0 radical (unpaired) electrons. The molecule has 126 heavy (non-hydrogen) atoms. The number of amides is 9. The van der Waals surface area contributed by atoms with E-state index in [1.54, 1.807) is 50.3 Å². The van der Waals surface area contributed by atoms with E-state index in [0.29, 0.717) is 66.2 Å². The van der Waals surface area contributed by atoms with E-state index in [4.69, 9.17) is 46.8 Å². The average Bonchev–Trinajstić information content (AvgIpc) is 1.57. The number of carbonyl (C=O) groups excluding carboxylic acids is 12. The molecule has 0 aromatic heterocycles. The molecule has 8 rings (SSSR count). The van der Waals surface area contributed by atoms with Gasteiger partial charge >= 0.3 is 17.9 Å². The van der Waals surface area contributed by atoms with Crippen LogP contribution in [-0.2, 0) is 101 Å². The minimum absolute atomic E-state index is 0.00473. The third kappa shape index (κ3) is 29.1. The predicted octanol–water partition coefficient (Wildman–Crippen LogP) is 4.37. The number of hydrogen-bond acceptors (Lipinski definition) is 28. The van der Waals surface area contributed by atoms with E-state index in [1.165, 1.54) is 85.7 Å². The number of nitrogens with two attached hydrogens (primary N) is 2. The average molecular weight is 1850 g/mol. The second-order valence-electron chi connectivity index (χ2n) is 32.7. The number of ether oxygens (including phenoxy) is 5. The zero-order chi connectivity index (χ0) is 92.4. The summed E-state index contributed by atoms with van der Waals surface area (Å²) in [5, 5.41) is 72.2. The Morgan fingerprint density at radius 2 is 1.55 bits per heavy atom. The maximum Gasteiger partial charge on any atom is 0.328 e. The number of anilines is 1. The third-order valence-corrected chi connectivity index (χ3v) is 28.3. The van der Waals surface area contributed by atoms with Crippen molar-refractivity contribution < 1.29 is 112 Å². The van der Waals surface area contributed by atoms with Crippen LogP contribution in [0, 0.1) is 11.8 Å². The molecule has 1 aliphatic carbocycles. The lowest BCUT2D eigenvalue weighted by molar-refractivity contribution is -0.187. The van der Waals surface area contributed by atoms with Gasteiger partial charge in [-0.1, -0.05) is 128 Å². The van der Waals surface area contributed by atoms with E-state index in [-0.39, 0.29) is 99.1 Å². The highest BCUT2D eigenvalue weighted by Gasteiger charge is 2.65. The fourth-order valence-corrected chi connectivity index (χ4v) is 19.9. The SMILES string of the molecule is COc1cc2cc(c1Cl)N(C)C(=O)C[C@H](OC(=O)[C@H](C)N(C)C(=O)CCSSCCC(=O)NCCCC[C@@H](N)C(=O)N[C@H]1CSSC[C@@H](C(=O)N[C@H](C(=O)O)[C@@H](C)O)NC(=O)[C@H]([C@@H](C)O)NC(=O)[C@H](CCCCN)NC(=O)[C@@H](CC3=CCc4ccccc43)NC(=O)[C@H](Cc3ccc(O)cc3)CC1=O)[C@]1(C)O[C@H]1[C@H](C)[C@@H]1C[C@@](O)(CC(=O)O1)[C@H](OC)/C=C/C=C(\C)C2. The standard InChI is InChI=1S/C87H120ClN11O23S4/c1-47-18-17-23-68(119-10)87(117)43-67(120-73(107)44-87)48(2)77-86(6,122-77)69(42-72(106)99(8)64-38-53(36-47)39-66(118-9)74(64)88)121-85(116)49(3)98(7)71(105)31-35-124-123-34-30-70(104)91-33-16-14-21-59(90)79(109)94-62-45-125-126-46-63(82(112)97-76(51(5)101)84(114)115)95-83(113)75(50(4)100)96-80(110)60(22-13-15-32-89)92-81(111)61(40-55-27-26-54-19-11-12-20-58(54)55)93-78(108)56(41-65(62)103)37-52-24-28-57(102)29-25-52/h11-12,17-20,23-25,27-29,38-39,48-51,56,59-63,67-69,75-77,100-102,117H,13-16,21-22,26,30-37,40-46,89-90H2,1-10H3,(H,91,104)(H,92,111)(H,93,108)(H,94,109)(H,95,113)(H,96,110)(H,97,112)(H,114,115)/b23-17+,47-18+/t48-,49+,50-,51-,56-,59-,60+,61-,62+,63+,67+,68-,69+,75+,76+,77+,86+,87-/m1/s1. The van der Waals surface area contributed by atoms with Crippen molar-refractivity contribution in [1.29, 1.82) is 0 Å². The molecule has 34 nitrogen and oxygen atoms in total. The Morgan fingerprint density at radius 3 is 2.23 bits per heavy atom. The van der Waals surface area contributed by atoms with Gasteiger partial charge in [0.15, 0.2) is 11.8 Å². The first kappa shape index (κ1) is 103. The Morgan fingerprint density at radius 1 is 0.857 bits per heavy atom. The van der Waals surface area contributed by atoms with Gasteiger partial charge in [0, 0.05) is 94.7 Å². The number of carboxylic acid groups (broad SMARTS) is 1. The zero-order valence-electron chi connectivity index (χ0n) is 72.5. The largest absolute Gasteiger partial charge is 0.508 e. The Hall–Kier alpha value is -8.80. The van der Waals surface area contributed by atoms with Crippen LogP contribution >= 0.6 is 54.8 Å². The van der Waals surface area contributed by atoms with Crippen LogP contribution in [-0.4, -0.2) is 268 Å². The van der Waals surface area contributed by atoms with Crippen molar-refractivity contribution in [1.82, 2.24) is 42.1 Å². The van der Waals surface area contributed by atoms with Crippen molar-refractivity contribution in [3.05, 3.63) is 118 Å². The van der Waals surface area contributed by atoms with Crippen molar-refractivity contribution in [2.75, 3.05) is 69.3 Å². The van der Waals surface area contributed by atoms with Crippen LogP contribution in [0.4, 0.5) is 5.69 Å². The number of esters is 2.